The third-order valence-electron chi connectivity index (χ3n) is 4.92. The van der Waals surface area contributed by atoms with Crippen LogP contribution in [0, 0.1) is 0 Å². The molecule has 1 fully saturated rings. The van der Waals surface area contributed by atoms with E-state index >= 15 is 0 Å². The summed E-state index contributed by atoms with van der Waals surface area (Å²) in [6.07, 6.45) is 10.6. The van der Waals surface area contributed by atoms with Crippen molar-refractivity contribution in [2.45, 2.75) is 56.8 Å². The molecule has 0 atom stereocenters. The van der Waals surface area contributed by atoms with Gasteiger partial charge in [0.1, 0.15) is 0 Å². The molecule has 2 aliphatic rings. The lowest BCUT2D eigenvalue weighted by Crippen LogP contribution is -2.38. The molecule has 0 aromatic heterocycles. The Hall–Kier alpha value is -0.820. The van der Waals surface area contributed by atoms with E-state index in [9.17, 15) is 0 Å². The lowest BCUT2D eigenvalue weighted by atomic mass is 9.68. The molecule has 0 saturated heterocycles. The van der Waals surface area contributed by atoms with E-state index in [0.717, 1.165) is 6.54 Å². The molecule has 1 saturated carbocycles. The van der Waals surface area contributed by atoms with E-state index in [4.69, 9.17) is 5.73 Å². The zero-order chi connectivity index (χ0) is 11.7. The zero-order valence-corrected chi connectivity index (χ0v) is 10.7. The van der Waals surface area contributed by atoms with E-state index in [-0.39, 0.29) is 0 Å². The Morgan fingerprint density at radius 3 is 2.59 bits per heavy atom. The first kappa shape index (κ1) is 11.3. The molecule has 0 spiro atoms. The summed E-state index contributed by atoms with van der Waals surface area (Å²) in [6.45, 7) is 0.837. The van der Waals surface area contributed by atoms with E-state index in [2.05, 4.69) is 18.2 Å². The molecule has 0 heterocycles. The number of hydrogen-bond acceptors (Lipinski definition) is 1. The molecule has 92 valence electrons. The molecule has 3 rings (SSSR count). The third-order valence-corrected chi connectivity index (χ3v) is 4.92. The van der Waals surface area contributed by atoms with Gasteiger partial charge in [0.05, 0.1) is 0 Å². The van der Waals surface area contributed by atoms with Gasteiger partial charge in [-0.2, -0.15) is 0 Å². The van der Waals surface area contributed by atoms with Gasteiger partial charge in [-0.15, -0.1) is 0 Å². The Morgan fingerprint density at radius 1 is 1.00 bits per heavy atom. The molecule has 0 aliphatic heterocycles. The number of benzene rings is 1. The van der Waals surface area contributed by atoms with Gasteiger partial charge in [0.15, 0.2) is 0 Å². The highest BCUT2D eigenvalue weighted by atomic mass is 14.6. The fourth-order valence-corrected chi connectivity index (χ4v) is 3.93. The lowest BCUT2D eigenvalue weighted by molar-refractivity contribution is 0.299. The average molecular weight is 229 g/mol. The predicted octanol–water partition coefficient (Wildman–Crippen LogP) is 3.34. The van der Waals surface area contributed by atoms with Crippen molar-refractivity contribution in [2.75, 3.05) is 6.54 Å². The van der Waals surface area contributed by atoms with Crippen molar-refractivity contribution in [3.63, 3.8) is 0 Å². The summed E-state index contributed by atoms with van der Waals surface area (Å²) in [7, 11) is 0. The molecule has 0 unspecified atom stereocenters. The number of aryl methyl sites for hydroxylation is 1. The van der Waals surface area contributed by atoms with Crippen LogP contribution in [0.4, 0.5) is 0 Å². The normalized spacial score (nSPS) is 22.4. The van der Waals surface area contributed by atoms with Gasteiger partial charge in [-0.25, -0.2) is 0 Å². The van der Waals surface area contributed by atoms with Crippen LogP contribution in [0.5, 0.6) is 0 Å². The fourth-order valence-electron chi connectivity index (χ4n) is 3.93. The maximum absolute atomic E-state index is 6.16. The van der Waals surface area contributed by atoms with Gasteiger partial charge in [0.2, 0.25) is 0 Å². The molecule has 17 heavy (non-hydrogen) atoms. The maximum atomic E-state index is 6.16. The van der Waals surface area contributed by atoms with Crippen molar-refractivity contribution in [2.24, 2.45) is 5.73 Å². The second kappa shape index (κ2) is 4.45. The van der Waals surface area contributed by atoms with E-state index in [1.54, 1.807) is 16.7 Å². The standard InChI is InChI=1S/C16H23N/c17-12-16(10-2-1-3-11-16)15-9-5-7-13-6-4-8-14(13)15/h5,7,9H,1-4,6,8,10-12,17H2. The van der Waals surface area contributed by atoms with Gasteiger partial charge in [-0.05, 0) is 48.8 Å². The van der Waals surface area contributed by atoms with Crippen LogP contribution in [0.3, 0.4) is 0 Å². The Bertz CT molecular complexity index is 402. The highest BCUT2D eigenvalue weighted by molar-refractivity contribution is 5.43. The molecule has 1 aromatic carbocycles. The van der Waals surface area contributed by atoms with E-state index in [0.29, 0.717) is 5.41 Å². The van der Waals surface area contributed by atoms with Gasteiger partial charge in [-0.1, -0.05) is 37.5 Å². The molecule has 2 aliphatic carbocycles. The van der Waals surface area contributed by atoms with Gasteiger partial charge >= 0.3 is 0 Å². The topological polar surface area (TPSA) is 26.0 Å². The molecule has 1 heteroatoms. The summed E-state index contributed by atoms with van der Waals surface area (Å²) in [5, 5.41) is 0. The van der Waals surface area contributed by atoms with Gasteiger partial charge in [-0.3, -0.25) is 0 Å². The SMILES string of the molecule is NCC1(c2cccc3c2CCC3)CCCCC1. The fraction of sp³-hybridized carbons (Fsp3) is 0.625. The van der Waals surface area contributed by atoms with Crippen LogP contribution >= 0.6 is 0 Å². The van der Waals surface area contributed by atoms with Crippen LogP contribution in [0.2, 0.25) is 0 Å². The minimum absolute atomic E-state index is 0.313. The Morgan fingerprint density at radius 2 is 1.82 bits per heavy atom. The van der Waals surface area contributed by atoms with Crippen molar-refractivity contribution in [1.29, 1.82) is 0 Å². The summed E-state index contributed by atoms with van der Waals surface area (Å²) in [6, 6.07) is 6.94. The Kier molecular flexibility index (Phi) is 2.96. The van der Waals surface area contributed by atoms with Gasteiger partial charge < -0.3 is 5.73 Å². The molecule has 1 nitrogen and oxygen atoms in total. The summed E-state index contributed by atoms with van der Waals surface area (Å²) >= 11 is 0. The summed E-state index contributed by atoms with van der Waals surface area (Å²) in [5.41, 5.74) is 11.3. The Balaban J connectivity index is 2.04. The lowest BCUT2D eigenvalue weighted by Gasteiger charge is -2.38. The van der Waals surface area contributed by atoms with E-state index < -0.39 is 0 Å². The van der Waals surface area contributed by atoms with Crippen LogP contribution < -0.4 is 5.73 Å². The first-order valence-electron chi connectivity index (χ1n) is 7.17. The minimum atomic E-state index is 0.313. The second-order valence-electron chi connectivity index (χ2n) is 5.84. The molecule has 0 amide bonds. The maximum Gasteiger partial charge on any atom is 0.00783 e. The average Bonchev–Trinajstić information content (AvgIpc) is 2.87. The summed E-state index contributed by atoms with van der Waals surface area (Å²) in [4.78, 5) is 0. The minimum Gasteiger partial charge on any atom is -0.330 e. The Labute approximate surface area is 104 Å². The predicted molar refractivity (Wildman–Crippen MR) is 72.3 cm³/mol. The number of hydrogen-bond donors (Lipinski definition) is 1. The van der Waals surface area contributed by atoms with Crippen LogP contribution in [0.1, 0.15) is 55.2 Å². The summed E-state index contributed by atoms with van der Waals surface area (Å²) in [5.74, 6) is 0. The number of fused-ring (bicyclic) bond motifs is 1. The highest BCUT2D eigenvalue weighted by Crippen LogP contribution is 2.42. The highest BCUT2D eigenvalue weighted by Gasteiger charge is 2.35. The zero-order valence-electron chi connectivity index (χ0n) is 10.7. The first-order chi connectivity index (χ1) is 8.36. The third kappa shape index (κ3) is 1.81. The van der Waals surface area contributed by atoms with Gasteiger partial charge in [0.25, 0.3) is 0 Å². The largest absolute Gasteiger partial charge is 0.330 e. The van der Waals surface area contributed by atoms with Crippen LogP contribution in [-0.4, -0.2) is 6.54 Å². The van der Waals surface area contributed by atoms with Crippen molar-refractivity contribution in [3.8, 4) is 0 Å². The van der Waals surface area contributed by atoms with Crippen LogP contribution in [-0.2, 0) is 18.3 Å². The van der Waals surface area contributed by atoms with Crippen LogP contribution in [0.25, 0.3) is 0 Å². The molecule has 0 radical (unpaired) electrons. The molecular weight excluding hydrogens is 206 g/mol. The van der Waals surface area contributed by atoms with Crippen molar-refractivity contribution in [3.05, 3.63) is 34.9 Å². The van der Waals surface area contributed by atoms with Crippen molar-refractivity contribution in [1.82, 2.24) is 0 Å². The monoisotopic (exact) mass is 229 g/mol. The number of rotatable bonds is 2. The first-order valence-corrected chi connectivity index (χ1v) is 7.17. The molecule has 1 aromatic rings. The van der Waals surface area contributed by atoms with Crippen molar-refractivity contribution >= 4 is 0 Å². The second-order valence-corrected chi connectivity index (χ2v) is 5.84. The van der Waals surface area contributed by atoms with Crippen LogP contribution in [0.15, 0.2) is 18.2 Å². The smallest absolute Gasteiger partial charge is 0.00783 e. The quantitative estimate of drug-likeness (QED) is 0.827. The van der Waals surface area contributed by atoms with E-state index in [1.165, 1.54) is 51.4 Å². The molecule has 0 bridgehead atoms. The molecular formula is C16H23N. The van der Waals surface area contributed by atoms with Crippen molar-refractivity contribution < 1.29 is 0 Å². The van der Waals surface area contributed by atoms with E-state index in [1.807, 2.05) is 0 Å². The number of nitrogens with two attached hydrogens (primary N) is 1. The summed E-state index contributed by atoms with van der Waals surface area (Å²) < 4.78 is 0. The molecule has 2 N–H and O–H groups in total. The van der Waals surface area contributed by atoms with Gasteiger partial charge in [0, 0.05) is 12.0 Å².